The van der Waals surface area contributed by atoms with Gasteiger partial charge in [0.15, 0.2) is 0 Å². The predicted octanol–water partition coefficient (Wildman–Crippen LogP) is 5.39. The monoisotopic (exact) mass is 481 g/mol. The molecule has 0 saturated carbocycles. The molecule has 0 atom stereocenters. The van der Waals surface area contributed by atoms with Gasteiger partial charge in [-0.15, -0.1) is 0 Å². The fourth-order valence-corrected chi connectivity index (χ4v) is 2.92. The van der Waals surface area contributed by atoms with E-state index in [9.17, 15) is 9.59 Å². The van der Waals surface area contributed by atoms with Crippen LogP contribution in [0, 0.1) is 0 Å². The molecule has 35 heavy (non-hydrogen) atoms. The minimum atomic E-state index is -0.358. The Morgan fingerprint density at radius 3 is 1.86 bits per heavy atom. The number of para-hydroxylation sites is 1. The Morgan fingerprint density at radius 1 is 0.771 bits per heavy atom. The first-order chi connectivity index (χ1) is 16.8. The normalized spacial score (nSPS) is 9.91. The number of nitrogens with zero attached hydrogens (tertiary/aromatic N) is 1. The van der Waals surface area contributed by atoms with Crippen LogP contribution in [-0.4, -0.2) is 51.5 Å². The highest BCUT2D eigenvalue weighted by Gasteiger charge is 2.06. The second-order valence-corrected chi connectivity index (χ2v) is 7.95. The van der Waals surface area contributed by atoms with Gasteiger partial charge in [0.05, 0.1) is 13.2 Å². The topological polar surface area (TPSA) is 65.1 Å². The summed E-state index contributed by atoms with van der Waals surface area (Å²) in [5.41, 5.74) is 3.31. The van der Waals surface area contributed by atoms with Gasteiger partial charge < -0.3 is 19.1 Å². The number of esters is 2. The van der Waals surface area contributed by atoms with Crippen LogP contribution in [-0.2, 0) is 30.2 Å². The van der Waals surface area contributed by atoms with Crippen LogP contribution in [0.5, 0.6) is 0 Å². The molecule has 0 aliphatic heterocycles. The van der Waals surface area contributed by atoms with Gasteiger partial charge in [0.25, 0.3) is 0 Å². The maximum Gasteiger partial charge on any atom is 0.333 e. The summed E-state index contributed by atoms with van der Waals surface area (Å²) in [6.07, 6.45) is 1.98. The first kappa shape index (κ1) is 29.7. The van der Waals surface area contributed by atoms with Crippen LogP contribution >= 0.6 is 0 Å². The van der Waals surface area contributed by atoms with Crippen molar-refractivity contribution in [1.29, 1.82) is 0 Å². The molecule has 0 amide bonds. The molecular weight excluding hydrogens is 442 g/mol. The number of hydrogen-bond donors (Lipinski definition) is 0. The molecule has 0 bridgehead atoms. The molecule has 0 saturated heterocycles. The van der Waals surface area contributed by atoms with Crippen LogP contribution in [0.4, 0.5) is 5.69 Å². The van der Waals surface area contributed by atoms with Gasteiger partial charge in [0.2, 0.25) is 0 Å². The van der Waals surface area contributed by atoms with E-state index < -0.39 is 0 Å². The smallest absolute Gasteiger partial charge is 0.333 e. The molecule has 0 spiro atoms. The van der Waals surface area contributed by atoms with Gasteiger partial charge >= 0.3 is 11.9 Å². The summed E-state index contributed by atoms with van der Waals surface area (Å²) in [6, 6.07) is 20.4. The van der Waals surface area contributed by atoms with Gasteiger partial charge in [0.1, 0.15) is 13.2 Å². The summed E-state index contributed by atoms with van der Waals surface area (Å²) in [5.74, 6) is -0.683. The molecule has 6 nitrogen and oxygen atoms in total. The number of rotatable bonds is 14. The van der Waals surface area contributed by atoms with E-state index >= 15 is 0 Å². The number of ether oxygens (including phenoxy) is 3. The second kappa shape index (κ2) is 18.0. The number of benzene rings is 2. The zero-order chi connectivity index (χ0) is 25.9. The largest absolute Gasteiger partial charge is 0.460 e. The zero-order valence-electron chi connectivity index (χ0n) is 21.3. The van der Waals surface area contributed by atoms with Crippen molar-refractivity contribution in [2.45, 2.75) is 33.6 Å². The number of anilines is 1. The Hall–Kier alpha value is -3.38. The van der Waals surface area contributed by atoms with Crippen molar-refractivity contribution in [2.75, 3.05) is 44.4 Å². The van der Waals surface area contributed by atoms with E-state index in [4.69, 9.17) is 14.2 Å². The number of aryl methyl sites for hydroxylation is 1. The van der Waals surface area contributed by atoms with Crippen molar-refractivity contribution in [3.63, 3.8) is 0 Å². The summed E-state index contributed by atoms with van der Waals surface area (Å²) in [7, 11) is 0. The maximum absolute atomic E-state index is 11.2. The molecule has 2 aromatic carbocycles. The lowest BCUT2D eigenvalue weighted by atomic mass is 10.1. The van der Waals surface area contributed by atoms with Gasteiger partial charge in [-0.05, 0) is 51.3 Å². The Morgan fingerprint density at radius 2 is 1.31 bits per heavy atom. The van der Waals surface area contributed by atoms with Crippen molar-refractivity contribution < 1.29 is 23.8 Å². The maximum atomic E-state index is 11.2. The molecule has 0 heterocycles. The number of carbonyl (C=O) groups is 2. The zero-order valence-corrected chi connectivity index (χ0v) is 21.3. The van der Waals surface area contributed by atoms with E-state index in [2.05, 4.69) is 37.1 Å². The Balaban J connectivity index is 0.000000351. The lowest BCUT2D eigenvalue weighted by molar-refractivity contribution is -0.140. The third-order valence-corrected chi connectivity index (χ3v) is 4.85. The fourth-order valence-electron chi connectivity index (χ4n) is 2.92. The van der Waals surface area contributed by atoms with Gasteiger partial charge in [-0.25, -0.2) is 9.59 Å². The van der Waals surface area contributed by atoms with Gasteiger partial charge in [-0.2, -0.15) is 0 Å². The summed E-state index contributed by atoms with van der Waals surface area (Å²) < 4.78 is 15.4. The average Bonchev–Trinajstić information content (AvgIpc) is 2.87. The van der Waals surface area contributed by atoms with Crippen LogP contribution < -0.4 is 4.90 Å². The van der Waals surface area contributed by atoms with Gasteiger partial charge in [0, 0.05) is 30.0 Å². The molecule has 0 aromatic heterocycles. The highest BCUT2D eigenvalue weighted by atomic mass is 16.6. The van der Waals surface area contributed by atoms with E-state index in [0.29, 0.717) is 37.5 Å². The average molecular weight is 482 g/mol. The first-order valence-corrected chi connectivity index (χ1v) is 11.9. The lowest BCUT2D eigenvalue weighted by Gasteiger charge is -2.22. The molecule has 0 unspecified atom stereocenters. The molecule has 0 N–H and O–H groups in total. The SMILES string of the molecule is C=C(C)C(=O)OCCN(CC)c1ccccc1.C=C(C)C(=O)OCCOCCCc1ccccc1. The van der Waals surface area contributed by atoms with Gasteiger partial charge in [-0.3, -0.25) is 0 Å². The molecule has 0 radical (unpaired) electrons. The van der Waals surface area contributed by atoms with E-state index in [-0.39, 0.29) is 18.5 Å². The van der Waals surface area contributed by atoms with E-state index in [1.54, 1.807) is 13.8 Å². The van der Waals surface area contributed by atoms with E-state index in [1.165, 1.54) is 5.56 Å². The van der Waals surface area contributed by atoms with Gasteiger partial charge in [-0.1, -0.05) is 61.7 Å². The molecule has 190 valence electrons. The van der Waals surface area contributed by atoms with Crippen LogP contribution in [0.25, 0.3) is 0 Å². The summed E-state index contributed by atoms with van der Waals surface area (Å²) in [4.78, 5) is 24.4. The minimum Gasteiger partial charge on any atom is -0.460 e. The summed E-state index contributed by atoms with van der Waals surface area (Å²) >= 11 is 0. The third-order valence-electron chi connectivity index (χ3n) is 4.85. The Labute approximate surface area is 210 Å². The molecule has 6 heteroatoms. The van der Waals surface area contributed by atoms with Crippen molar-refractivity contribution in [1.82, 2.24) is 0 Å². The fraction of sp³-hybridized carbons (Fsp3) is 0.379. The Kier molecular flexibility index (Phi) is 15.3. The highest BCUT2D eigenvalue weighted by Crippen LogP contribution is 2.12. The molecule has 2 rings (SSSR count). The molecule has 0 aliphatic carbocycles. The highest BCUT2D eigenvalue weighted by molar-refractivity contribution is 5.87. The van der Waals surface area contributed by atoms with E-state index in [1.807, 2.05) is 48.5 Å². The molecular formula is C29H39NO5. The Bertz CT molecular complexity index is 896. The van der Waals surface area contributed by atoms with Crippen molar-refractivity contribution in [3.05, 3.63) is 90.5 Å². The van der Waals surface area contributed by atoms with Crippen LogP contribution in [0.3, 0.4) is 0 Å². The third kappa shape index (κ3) is 13.8. The second-order valence-electron chi connectivity index (χ2n) is 7.95. The molecule has 2 aromatic rings. The molecule has 0 fully saturated rings. The minimum absolute atomic E-state index is 0.289. The number of likely N-dealkylation sites (N-methyl/N-ethyl adjacent to an activating group) is 1. The lowest BCUT2D eigenvalue weighted by Crippen LogP contribution is -2.28. The van der Waals surface area contributed by atoms with Crippen LogP contribution in [0.2, 0.25) is 0 Å². The van der Waals surface area contributed by atoms with Crippen molar-refractivity contribution in [2.24, 2.45) is 0 Å². The predicted molar refractivity (Wildman–Crippen MR) is 141 cm³/mol. The van der Waals surface area contributed by atoms with Crippen LogP contribution in [0.15, 0.2) is 85.0 Å². The number of carbonyl (C=O) groups excluding carboxylic acids is 2. The van der Waals surface area contributed by atoms with E-state index in [0.717, 1.165) is 25.1 Å². The number of hydrogen-bond acceptors (Lipinski definition) is 6. The summed E-state index contributed by atoms with van der Waals surface area (Å²) in [5, 5.41) is 0. The quantitative estimate of drug-likeness (QED) is 0.205. The van der Waals surface area contributed by atoms with Crippen molar-refractivity contribution >= 4 is 17.6 Å². The van der Waals surface area contributed by atoms with Crippen molar-refractivity contribution in [3.8, 4) is 0 Å². The summed E-state index contributed by atoms with van der Waals surface area (Å²) in [6.45, 7) is 15.8. The standard InChI is InChI=1S/C15H20O3.C14H19NO2/c1-13(2)15(16)18-12-11-17-10-6-9-14-7-4-3-5-8-14;1-4-15(13-8-6-5-7-9-13)10-11-17-14(16)12(2)3/h3-5,7-8H,1,6,9-12H2,2H3;5-9H,2,4,10-11H2,1,3H3. The van der Waals surface area contributed by atoms with Crippen LogP contribution in [0.1, 0.15) is 32.8 Å². The first-order valence-electron chi connectivity index (χ1n) is 11.9. The molecule has 0 aliphatic rings.